The van der Waals surface area contributed by atoms with E-state index >= 15 is 0 Å². The fourth-order valence-electron chi connectivity index (χ4n) is 1.98. The largest absolute Gasteiger partial charge is 0.416 e. The van der Waals surface area contributed by atoms with Crippen molar-refractivity contribution in [2.45, 2.75) is 39.0 Å². The molecule has 0 fully saturated rings. The molecule has 1 atom stereocenters. The van der Waals surface area contributed by atoms with Crippen molar-refractivity contribution in [1.29, 1.82) is 0 Å². The van der Waals surface area contributed by atoms with E-state index in [0.717, 1.165) is 18.2 Å². The Morgan fingerprint density at radius 1 is 1.15 bits per heavy atom. The number of alkyl halides is 6. The molecule has 0 bridgehead atoms. The summed E-state index contributed by atoms with van der Waals surface area (Å²) in [6, 6.07) is 1.16. The summed E-state index contributed by atoms with van der Waals surface area (Å²) < 4.78 is 77.1. The highest BCUT2D eigenvalue weighted by molar-refractivity contribution is 8.02. The predicted octanol–water partition coefficient (Wildman–Crippen LogP) is 5.22. The Morgan fingerprint density at radius 2 is 1.67 bits per heavy atom. The third-order valence-corrected chi connectivity index (χ3v) is 4.45. The smallest absolute Gasteiger partial charge is 0.398 e. The molecule has 0 radical (unpaired) electrons. The Hall–Kier alpha value is -1.84. The molecule has 3 nitrogen and oxygen atoms in total. The van der Waals surface area contributed by atoms with Gasteiger partial charge in [-0.2, -0.15) is 26.3 Å². The SMILES string of the molecule is CCC(C)CC(=O)NCS/C=C(\N)c1cc(C(F)(F)F)cc(C(F)(F)F)c1. The number of carbonyl (C=O) groups is 1. The van der Waals surface area contributed by atoms with Gasteiger partial charge in [0.25, 0.3) is 0 Å². The molecule has 0 saturated carbocycles. The number of nitrogens with two attached hydrogens (primary N) is 1. The Kier molecular flexibility index (Phi) is 8.06. The van der Waals surface area contributed by atoms with Crippen molar-refractivity contribution in [1.82, 2.24) is 5.32 Å². The van der Waals surface area contributed by atoms with Crippen molar-refractivity contribution in [3.8, 4) is 0 Å². The maximum atomic E-state index is 12.8. The van der Waals surface area contributed by atoms with Crippen molar-refractivity contribution < 1.29 is 31.1 Å². The summed E-state index contributed by atoms with van der Waals surface area (Å²) in [5, 5.41) is 3.80. The Balaban J connectivity index is 2.88. The molecule has 152 valence electrons. The van der Waals surface area contributed by atoms with Crippen LogP contribution >= 0.6 is 11.8 Å². The van der Waals surface area contributed by atoms with E-state index in [1.54, 1.807) is 0 Å². The molecule has 0 aromatic heterocycles. The molecule has 0 aliphatic rings. The van der Waals surface area contributed by atoms with E-state index in [2.05, 4.69) is 5.32 Å². The fraction of sp³-hybridized carbons (Fsp3) is 0.471. The first-order chi connectivity index (χ1) is 12.3. The van der Waals surface area contributed by atoms with Crippen molar-refractivity contribution in [2.24, 2.45) is 11.7 Å². The topological polar surface area (TPSA) is 55.1 Å². The Labute approximate surface area is 157 Å². The number of amides is 1. The van der Waals surface area contributed by atoms with Crippen LogP contribution in [0.4, 0.5) is 26.3 Å². The number of nitrogens with one attached hydrogen (secondary N) is 1. The third-order valence-electron chi connectivity index (χ3n) is 3.71. The second-order valence-corrected chi connectivity index (χ2v) is 6.85. The average Bonchev–Trinajstić information content (AvgIpc) is 2.56. The zero-order valence-electron chi connectivity index (χ0n) is 14.7. The quantitative estimate of drug-likeness (QED) is 0.365. The molecule has 0 heterocycles. The second kappa shape index (κ2) is 9.38. The van der Waals surface area contributed by atoms with Crippen molar-refractivity contribution >= 4 is 23.4 Å². The lowest BCUT2D eigenvalue weighted by atomic mass is 10.0. The van der Waals surface area contributed by atoms with E-state index in [0.29, 0.717) is 18.6 Å². The van der Waals surface area contributed by atoms with Gasteiger partial charge in [0.2, 0.25) is 5.91 Å². The summed E-state index contributed by atoms with van der Waals surface area (Å²) >= 11 is 0.964. The molecule has 0 saturated heterocycles. The van der Waals surface area contributed by atoms with Gasteiger partial charge >= 0.3 is 12.4 Å². The van der Waals surface area contributed by atoms with Gasteiger partial charge in [0, 0.05) is 12.1 Å². The lowest BCUT2D eigenvalue weighted by molar-refractivity contribution is -0.143. The minimum Gasteiger partial charge on any atom is -0.398 e. The minimum atomic E-state index is -4.94. The van der Waals surface area contributed by atoms with Gasteiger partial charge in [-0.15, -0.1) is 11.8 Å². The van der Waals surface area contributed by atoms with Crippen LogP contribution in [0.25, 0.3) is 5.70 Å². The standard InChI is InChI=1S/C17H20F6N2OS/c1-3-10(2)4-15(26)25-9-27-8-14(24)11-5-12(16(18,19)20)7-13(6-11)17(21,22)23/h5-8,10H,3-4,9,24H2,1-2H3,(H,25,26)/b14-8-. The number of carbonyl (C=O) groups excluding carboxylic acids is 1. The second-order valence-electron chi connectivity index (χ2n) is 6.00. The van der Waals surface area contributed by atoms with Crippen molar-refractivity contribution in [2.75, 3.05) is 5.88 Å². The summed E-state index contributed by atoms with van der Waals surface area (Å²) in [6.45, 7) is 3.86. The van der Waals surface area contributed by atoms with E-state index in [1.807, 2.05) is 13.8 Å². The third kappa shape index (κ3) is 7.74. The minimum absolute atomic E-state index is 0.0407. The maximum Gasteiger partial charge on any atom is 0.416 e. The van der Waals surface area contributed by atoms with E-state index in [1.165, 1.54) is 5.41 Å². The fourth-order valence-corrected chi connectivity index (χ4v) is 2.62. The molecule has 10 heteroatoms. The van der Waals surface area contributed by atoms with Crippen LogP contribution in [0.15, 0.2) is 23.6 Å². The number of hydrogen-bond donors (Lipinski definition) is 2. The zero-order valence-corrected chi connectivity index (χ0v) is 15.5. The Morgan fingerprint density at radius 3 is 2.11 bits per heavy atom. The van der Waals surface area contributed by atoms with Crippen molar-refractivity contribution in [3.05, 3.63) is 40.3 Å². The van der Waals surface area contributed by atoms with Crippen LogP contribution in [0.2, 0.25) is 0 Å². The first kappa shape index (κ1) is 23.2. The van der Waals surface area contributed by atoms with Gasteiger partial charge in [0.1, 0.15) is 0 Å². The van der Waals surface area contributed by atoms with Crippen LogP contribution in [-0.4, -0.2) is 11.8 Å². The summed E-state index contributed by atoms with van der Waals surface area (Å²) in [6.07, 6.45) is -8.70. The summed E-state index contributed by atoms with van der Waals surface area (Å²) in [4.78, 5) is 11.6. The highest BCUT2D eigenvalue weighted by atomic mass is 32.2. The molecule has 1 amide bonds. The Bertz CT molecular complexity index is 653. The predicted molar refractivity (Wildman–Crippen MR) is 93.3 cm³/mol. The van der Waals surface area contributed by atoms with Gasteiger partial charge in [-0.1, -0.05) is 20.3 Å². The van der Waals surface area contributed by atoms with Crippen molar-refractivity contribution in [3.63, 3.8) is 0 Å². The zero-order chi connectivity index (χ0) is 20.8. The molecule has 0 spiro atoms. The van der Waals surface area contributed by atoms with E-state index in [-0.39, 0.29) is 29.5 Å². The molecule has 3 N–H and O–H groups in total. The molecule has 1 aromatic rings. The molecule has 0 aliphatic heterocycles. The lowest BCUT2D eigenvalue weighted by Crippen LogP contribution is -2.24. The normalized spacial score (nSPS) is 14.1. The molecule has 1 aromatic carbocycles. The lowest BCUT2D eigenvalue weighted by Gasteiger charge is -2.14. The van der Waals surface area contributed by atoms with Crippen LogP contribution in [0.1, 0.15) is 43.4 Å². The summed E-state index contributed by atoms with van der Waals surface area (Å²) in [5.41, 5.74) is 2.11. The van der Waals surface area contributed by atoms with E-state index in [4.69, 9.17) is 5.73 Å². The van der Waals surface area contributed by atoms with Crippen LogP contribution in [-0.2, 0) is 17.1 Å². The van der Waals surface area contributed by atoms with Crippen LogP contribution in [0.5, 0.6) is 0 Å². The highest BCUT2D eigenvalue weighted by Gasteiger charge is 2.37. The average molecular weight is 414 g/mol. The first-order valence-electron chi connectivity index (χ1n) is 7.98. The molecular formula is C17H20F6N2OS. The van der Waals surface area contributed by atoms with E-state index < -0.39 is 29.0 Å². The molecular weight excluding hydrogens is 394 g/mol. The number of benzene rings is 1. The number of thioether (sulfide) groups is 1. The van der Waals surface area contributed by atoms with Crippen LogP contribution < -0.4 is 11.1 Å². The first-order valence-corrected chi connectivity index (χ1v) is 9.03. The van der Waals surface area contributed by atoms with Crippen LogP contribution in [0, 0.1) is 5.92 Å². The van der Waals surface area contributed by atoms with E-state index in [9.17, 15) is 31.1 Å². The van der Waals surface area contributed by atoms with Gasteiger partial charge in [-0.3, -0.25) is 4.79 Å². The van der Waals surface area contributed by atoms with Gasteiger partial charge in [-0.05, 0) is 35.1 Å². The molecule has 27 heavy (non-hydrogen) atoms. The summed E-state index contributed by atoms with van der Waals surface area (Å²) in [5.74, 6) is 0.116. The monoisotopic (exact) mass is 414 g/mol. The summed E-state index contributed by atoms with van der Waals surface area (Å²) in [7, 11) is 0. The number of halogens is 6. The number of hydrogen-bond acceptors (Lipinski definition) is 3. The molecule has 0 aliphatic carbocycles. The van der Waals surface area contributed by atoms with Crippen LogP contribution in [0.3, 0.4) is 0 Å². The molecule has 1 unspecified atom stereocenters. The maximum absolute atomic E-state index is 12.8. The van der Waals surface area contributed by atoms with Gasteiger partial charge in [0.05, 0.1) is 17.0 Å². The van der Waals surface area contributed by atoms with Gasteiger partial charge in [-0.25, -0.2) is 0 Å². The number of rotatable bonds is 7. The molecule has 1 rings (SSSR count). The van der Waals surface area contributed by atoms with Gasteiger partial charge < -0.3 is 11.1 Å². The highest BCUT2D eigenvalue weighted by Crippen LogP contribution is 2.37. The van der Waals surface area contributed by atoms with Gasteiger partial charge in [0.15, 0.2) is 0 Å².